The normalized spacial score (nSPS) is 18.6. The minimum absolute atomic E-state index is 0.155. The third-order valence-electron chi connectivity index (χ3n) is 3.87. The van der Waals surface area contributed by atoms with Crippen molar-refractivity contribution in [1.29, 1.82) is 0 Å². The lowest BCUT2D eigenvalue weighted by Crippen LogP contribution is -2.49. The molecule has 1 N–H and O–H groups in total. The van der Waals surface area contributed by atoms with E-state index in [1.54, 1.807) is 0 Å². The topological polar surface area (TPSA) is 46.2 Å². The molecule has 0 spiro atoms. The molecule has 0 heterocycles. The van der Waals surface area contributed by atoms with Crippen LogP contribution in [0.4, 0.5) is 0 Å². The van der Waals surface area contributed by atoms with Gasteiger partial charge in [0.05, 0.1) is 5.75 Å². The van der Waals surface area contributed by atoms with E-state index < -0.39 is 10.0 Å². The van der Waals surface area contributed by atoms with Crippen LogP contribution in [0.25, 0.3) is 0 Å². The van der Waals surface area contributed by atoms with Crippen molar-refractivity contribution in [2.24, 2.45) is 5.92 Å². The van der Waals surface area contributed by atoms with Crippen LogP contribution in [0.2, 0.25) is 0 Å². The van der Waals surface area contributed by atoms with E-state index in [0.717, 1.165) is 32.1 Å². The molecule has 112 valence electrons. The van der Waals surface area contributed by atoms with Crippen molar-refractivity contribution in [2.45, 2.75) is 51.5 Å². The maximum atomic E-state index is 12.3. The molecule has 0 aromatic heterocycles. The second kappa shape index (κ2) is 6.27. The zero-order valence-corrected chi connectivity index (χ0v) is 13.2. The first-order valence-corrected chi connectivity index (χ1v) is 9.12. The summed E-state index contributed by atoms with van der Waals surface area (Å²) >= 11 is 0. The molecule has 0 amide bonds. The number of benzene rings is 1. The summed E-state index contributed by atoms with van der Waals surface area (Å²) in [6.07, 6.45) is 4.90. The number of hydrogen-bond acceptors (Lipinski definition) is 2. The molecule has 1 aliphatic rings. The van der Waals surface area contributed by atoms with Crippen molar-refractivity contribution >= 4 is 10.0 Å². The highest BCUT2D eigenvalue weighted by Gasteiger charge is 2.37. The van der Waals surface area contributed by atoms with Gasteiger partial charge in [0.2, 0.25) is 10.0 Å². The van der Waals surface area contributed by atoms with Gasteiger partial charge in [-0.05, 0) is 30.7 Å². The Labute approximate surface area is 122 Å². The second-order valence-electron chi connectivity index (χ2n) is 6.43. The molecule has 0 aliphatic heterocycles. The Kier molecular flexibility index (Phi) is 4.86. The van der Waals surface area contributed by atoms with Crippen molar-refractivity contribution in [1.82, 2.24) is 4.72 Å². The summed E-state index contributed by atoms with van der Waals surface area (Å²) in [6, 6.07) is 10.2. The van der Waals surface area contributed by atoms with Crippen LogP contribution in [0.5, 0.6) is 0 Å². The molecule has 1 saturated carbocycles. The first-order valence-electron chi connectivity index (χ1n) is 7.46. The fraction of sp³-hybridized carbons (Fsp3) is 0.625. The van der Waals surface area contributed by atoms with Gasteiger partial charge in [-0.15, -0.1) is 0 Å². The first kappa shape index (κ1) is 15.5. The van der Waals surface area contributed by atoms with Crippen LogP contribution in [-0.2, 0) is 16.4 Å². The summed E-state index contributed by atoms with van der Waals surface area (Å²) < 4.78 is 27.6. The van der Waals surface area contributed by atoms with Gasteiger partial charge in [-0.25, -0.2) is 13.1 Å². The van der Waals surface area contributed by atoms with Crippen LogP contribution < -0.4 is 4.72 Å². The van der Waals surface area contributed by atoms with E-state index in [-0.39, 0.29) is 17.2 Å². The number of rotatable bonds is 6. The highest BCUT2D eigenvalue weighted by Crippen LogP contribution is 2.33. The standard InChI is InChI=1S/C16H25NO2S/c1-14(2)13-20(18,19)17-16(10-6-7-11-16)12-15-8-4-3-5-9-15/h3-5,8-9,14,17H,6-7,10-13H2,1-2H3. The second-order valence-corrected chi connectivity index (χ2v) is 8.19. The highest BCUT2D eigenvalue weighted by atomic mass is 32.2. The molecule has 0 radical (unpaired) electrons. The summed E-state index contributed by atoms with van der Waals surface area (Å²) in [5, 5.41) is 0. The monoisotopic (exact) mass is 295 g/mol. The number of nitrogens with one attached hydrogen (secondary N) is 1. The predicted octanol–water partition coefficient (Wildman–Crippen LogP) is 3.12. The van der Waals surface area contributed by atoms with Crippen LogP contribution in [-0.4, -0.2) is 19.7 Å². The van der Waals surface area contributed by atoms with Crippen LogP contribution in [0.3, 0.4) is 0 Å². The quantitative estimate of drug-likeness (QED) is 0.876. The lowest BCUT2D eigenvalue weighted by atomic mass is 9.90. The first-order chi connectivity index (χ1) is 9.41. The van der Waals surface area contributed by atoms with Gasteiger partial charge in [0.25, 0.3) is 0 Å². The summed E-state index contributed by atoms with van der Waals surface area (Å²) in [7, 11) is -3.19. The molecular weight excluding hydrogens is 270 g/mol. The van der Waals surface area contributed by atoms with Crippen LogP contribution in [0.1, 0.15) is 45.1 Å². The zero-order chi connectivity index (χ0) is 14.6. The maximum absolute atomic E-state index is 12.3. The molecule has 0 unspecified atom stereocenters. The summed E-state index contributed by atoms with van der Waals surface area (Å²) in [5.41, 5.74) is 0.941. The average Bonchev–Trinajstić information content (AvgIpc) is 2.75. The third-order valence-corrected chi connectivity index (χ3v) is 5.72. The van der Waals surface area contributed by atoms with Gasteiger partial charge in [0, 0.05) is 5.54 Å². The predicted molar refractivity (Wildman–Crippen MR) is 83.1 cm³/mol. The molecule has 1 fully saturated rings. The van der Waals surface area contributed by atoms with Crippen molar-refractivity contribution in [2.75, 3.05) is 5.75 Å². The molecule has 1 aliphatic carbocycles. The van der Waals surface area contributed by atoms with Crippen LogP contribution >= 0.6 is 0 Å². The summed E-state index contributed by atoms with van der Waals surface area (Å²) in [6.45, 7) is 3.88. The van der Waals surface area contributed by atoms with Gasteiger partial charge in [-0.3, -0.25) is 0 Å². The lowest BCUT2D eigenvalue weighted by Gasteiger charge is -2.30. The van der Waals surface area contributed by atoms with E-state index >= 15 is 0 Å². The average molecular weight is 295 g/mol. The van der Waals surface area contributed by atoms with Crippen molar-refractivity contribution in [3.63, 3.8) is 0 Å². The van der Waals surface area contributed by atoms with Crippen molar-refractivity contribution in [3.8, 4) is 0 Å². The molecule has 1 aromatic rings. The SMILES string of the molecule is CC(C)CS(=O)(=O)NC1(Cc2ccccc2)CCCC1. The number of hydrogen-bond donors (Lipinski definition) is 1. The van der Waals surface area contributed by atoms with E-state index in [1.807, 2.05) is 32.0 Å². The van der Waals surface area contributed by atoms with Crippen molar-refractivity contribution < 1.29 is 8.42 Å². The summed E-state index contributed by atoms with van der Waals surface area (Å²) in [5.74, 6) is 0.367. The molecule has 1 aromatic carbocycles. The molecule has 20 heavy (non-hydrogen) atoms. The Bertz CT molecular complexity index is 517. The molecule has 2 rings (SSSR count). The number of sulfonamides is 1. The van der Waals surface area contributed by atoms with Crippen LogP contribution in [0, 0.1) is 5.92 Å². The van der Waals surface area contributed by atoms with Crippen LogP contribution in [0.15, 0.2) is 30.3 Å². The third kappa shape index (κ3) is 4.32. The van der Waals surface area contributed by atoms with Gasteiger partial charge in [-0.1, -0.05) is 57.0 Å². The van der Waals surface area contributed by atoms with E-state index in [4.69, 9.17) is 0 Å². The Hall–Kier alpha value is -0.870. The molecule has 0 saturated heterocycles. The summed E-state index contributed by atoms with van der Waals surface area (Å²) in [4.78, 5) is 0. The Morgan fingerprint density at radius 1 is 1.15 bits per heavy atom. The van der Waals surface area contributed by atoms with E-state index in [9.17, 15) is 8.42 Å². The van der Waals surface area contributed by atoms with Gasteiger partial charge >= 0.3 is 0 Å². The van der Waals surface area contributed by atoms with Gasteiger partial charge in [0.1, 0.15) is 0 Å². The van der Waals surface area contributed by atoms with E-state index in [2.05, 4.69) is 16.9 Å². The van der Waals surface area contributed by atoms with Crippen molar-refractivity contribution in [3.05, 3.63) is 35.9 Å². The van der Waals surface area contributed by atoms with Gasteiger partial charge < -0.3 is 0 Å². The largest absolute Gasteiger partial charge is 0.212 e. The van der Waals surface area contributed by atoms with Gasteiger partial charge in [0.15, 0.2) is 0 Å². The lowest BCUT2D eigenvalue weighted by molar-refractivity contribution is 0.385. The highest BCUT2D eigenvalue weighted by molar-refractivity contribution is 7.89. The maximum Gasteiger partial charge on any atom is 0.212 e. The molecule has 4 heteroatoms. The molecule has 3 nitrogen and oxygen atoms in total. The van der Waals surface area contributed by atoms with E-state index in [0.29, 0.717) is 0 Å². The Morgan fingerprint density at radius 2 is 1.75 bits per heavy atom. The molecule has 0 atom stereocenters. The van der Waals surface area contributed by atoms with E-state index in [1.165, 1.54) is 5.56 Å². The smallest absolute Gasteiger partial charge is 0.212 e. The van der Waals surface area contributed by atoms with Gasteiger partial charge in [-0.2, -0.15) is 0 Å². The minimum Gasteiger partial charge on any atom is -0.212 e. The Balaban J connectivity index is 2.14. The fourth-order valence-electron chi connectivity index (χ4n) is 3.16. The minimum atomic E-state index is -3.19. The molecule has 0 bridgehead atoms. The Morgan fingerprint density at radius 3 is 2.30 bits per heavy atom. The molecular formula is C16H25NO2S. The fourth-order valence-corrected chi connectivity index (χ4v) is 5.06. The zero-order valence-electron chi connectivity index (χ0n) is 12.4.